The van der Waals surface area contributed by atoms with Crippen LogP contribution in [0.15, 0.2) is 54.6 Å². The van der Waals surface area contributed by atoms with Crippen molar-refractivity contribution >= 4 is 29.3 Å². The molecule has 1 aliphatic rings. The highest BCUT2D eigenvalue weighted by Gasteiger charge is 2.31. The standard InChI is InChI=1S/C22H25N3O4/c1-2-3-13-29-21(27)16-9-11-17(12-10-16)23-22(28)24-18-14-20(26)25(15-18)19-7-5-4-6-8-19/h4-12,18H,2-3,13-15H2,1H3,(H2,23,24,28). The van der Waals surface area contributed by atoms with Crippen molar-refractivity contribution in [1.29, 1.82) is 0 Å². The number of rotatable bonds is 7. The van der Waals surface area contributed by atoms with Gasteiger partial charge in [0.05, 0.1) is 18.2 Å². The van der Waals surface area contributed by atoms with Crippen LogP contribution in [0.2, 0.25) is 0 Å². The molecule has 7 heteroatoms. The molecule has 0 bridgehead atoms. The zero-order valence-electron chi connectivity index (χ0n) is 16.4. The number of nitrogens with one attached hydrogen (secondary N) is 2. The third kappa shape index (κ3) is 5.57. The van der Waals surface area contributed by atoms with Crippen LogP contribution in [-0.4, -0.2) is 37.1 Å². The molecule has 29 heavy (non-hydrogen) atoms. The summed E-state index contributed by atoms with van der Waals surface area (Å²) in [7, 11) is 0. The molecule has 1 unspecified atom stereocenters. The molecule has 0 aromatic heterocycles. The topological polar surface area (TPSA) is 87.7 Å². The number of carbonyl (C=O) groups excluding carboxylic acids is 3. The number of ether oxygens (including phenoxy) is 1. The molecule has 1 aliphatic heterocycles. The van der Waals surface area contributed by atoms with Crippen LogP contribution in [-0.2, 0) is 9.53 Å². The largest absolute Gasteiger partial charge is 0.462 e. The van der Waals surface area contributed by atoms with Crippen molar-refractivity contribution in [3.05, 3.63) is 60.2 Å². The van der Waals surface area contributed by atoms with Crippen LogP contribution >= 0.6 is 0 Å². The lowest BCUT2D eigenvalue weighted by Gasteiger charge is -2.17. The summed E-state index contributed by atoms with van der Waals surface area (Å²) in [6, 6.07) is 15.2. The maximum atomic E-state index is 12.3. The van der Waals surface area contributed by atoms with E-state index >= 15 is 0 Å². The Bertz CT molecular complexity index is 852. The van der Waals surface area contributed by atoms with Crippen molar-refractivity contribution in [2.24, 2.45) is 0 Å². The fourth-order valence-electron chi connectivity index (χ4n) is 3.10. The van der Waals surface area contributed by atoms with Crippen molar-refractivity contribution in [3.63, 3.8) is 0 Å². The first kappa shape index (κ1) is 20.4. The molecule has 3 amide bonds. The number of hydrogen-bond donors (Lipinski definition) is 2. The Hall–Kier alpha value is -3.35. The van der Waals surface area contributed by atoms with Gasteiger partial charge >= 0.3 is 12.0 Å². The number of nitrogens with zero attached hydrogens (tertiary/aromatic N) is 1. The molecule has 0 spiro atoms. The van der Waals surface area contributed by atoms with E-state index in [1.165, 1.54) is 0 Å². The molecule has 2 aromatic carbocycles. The lowest BCUT2D eigenvalue weighted by Crippen LogP contribution is -2.39. The van der Waals surface area contributed by atoms with Crippen molar-refractivity contribution in [2.75, 3.05) is 23.4 Å². The first-order valence-electron chi connectivity index (χ1n) is 9.77. The predicted octanol–water partition coefficient (Wildman–Crippen LogP) is 3.57. The molecule has 3 rings (SSSR count). The normalized spacial score (nSPS) is 15.8. The van der Waals surface area contributed by atoms with E-state index in [0.717, 1.165) is 18.5 Å². The number of unbranched alkanes of at least 4 members (excludes halogenated alkanes) is 1. The average Bonchev–Trinajstić information content (AvgIpc) is 3.09. The second kappa shape index (κ2) is 9.73. The number of hydrogen-bond acceptors (Lipinski definition) is 4. The van der Waals surface area contributed by atoms with Crippen molar-refractivity contribution in [2.45, 2.75) is 32.2 Å². The van der Waals surface area contributed by atoms with E-state index in [4.69, 9.17) is 4.74 Å². The van der Waals surface area contributed by atoms with Crippen molar-refractivity contribution < 1.29 is 19.1 Å². The molecule has 2 N–H and O–H groups in total. The van der Waals surface area contributed by atoms with Crippen molar-refractivity contribution in [3.8, 4) is 0 Å². The summed E-state index contributed by atoms with van der Waals surface area (Å²) in [4.78, 5) is 38.1. The summed E-state index contributed by atoms with van der Waals surface area (Å²) in [5.41, 5.74) is 1.81. The number of benzene rings is 2. The first-order chi connectivity index (χ1) is 14.1. The minimum absolute atomic E-state index is 0.0209. The zero-order valence-corrected chi connectivity index (χ0v) is 16.4. The second-order valence-corrected chi connectivity index (χ2v) is 6.91. The van der Waals surface area contributed by atoms with E-state index < -0.39 is 6.03 Å². The number of anilines is 2. The number of carbonyl (C=O) groups is 3. The molecule has 1 heterocycles. The quantitative estimate of drug-likeness (QED) is 0.554. The molecule has 7 nitrogen and oxygen atoms in total. The Morgan fingerprint density at radius 1 is 1.10 bits per heavy atom. The number of amides is 3. The van der Waals surface area contributed by atoms with Gasteiger partial charge in [-0.1, -0.05) is 31.5 Å². The Labute approximate surface area is 170 Å². The monoisotopic (exact) mass is 395 g/mol. The molecular weight excluding hydrogens is 370 g/mol. The van der Waals surface area contributed by atoms with Gasteiger partial charge in [-0.05, 0) is 42.8 Å². The Morgan fingerprint density at radius 3 is 2.52 bits per heavy atom. The van der Waals surface area contributed by atoms with E-state index in [2.05, 4.69) is 10.6 Å². The van der Waals surface area contributed by atoms with Crippen LogP contribution in [0.1, 0.15) is 36.5 Å². The van der Waals surface area contributed by atoms with Gasteiger partial charge in [-0.15, -0.1) is 0 Å². The van der Waals surface area contributed by atoms with Crippen LogP contribution in [0.25, 0.3) is 0 Å². The van der Waals surface area contributed by atoms with Gasteiger partial charge in [-0.25, -0.2) is 9.59 Å². The summed E-state index contributed by atoms with van der Waals surface area (Å²) in [5, 5.41) is 5.55. The van der Waals surface area contributed by atoms with Crippen LogP contribution < -0.4 is 15.5 Å². The summed E-state index contributed by atoms with van der Waals surface area (Å²) in [6.07, 6.45) is 2.04. The van der Waals surface area contributed by atoms with Crippen LogP contribution in [0.3, 0.4) is 0 Å². The summed E-state index contributed by atoms with van der Waals surface area (Å²) < 4.78 is 5.16. The molecular formula is C22H25N3O4. The Balaban J connectivity index is 1.49. The zero-order chi connectivity index (χ0) is 20.6. The minimum Gasteiger partial charge on any atom is -0.462 e. The molecule has 0 aliphatic carbocycles. The van der Waals surface area contributed by atoms with Gasteiger partial charge in [0.25, 0.3) is 0 Å². The van der Waals surface area contributed by atoms with Crippen LogP contribution in [0.4, 0.5) is 16.2 Å². The van der Waals surface area contributed by atoms with Gasteiger partial charge in [0.15, 0.2) is 0 Å². The highest BCUT2D eigenvalue weighted by Crippen LogP contribution is 2.21. The minimum atomic E-state index is -0.393. The maximum Gasteiger partial charge on any atom is 0.338 e. The van der Waals surface area contributed by atoms with Gasteiger partial charge in [-0.3, -0.25) is 4.79 Å². The van der Waals surface area contributed by atoms with E-state index in [1.54, 1.807) is 29.2 Å². The number of para-hydroxylation sites is 1. The summed E-state index contributed by atoms with van der Waals surface area (Å²) in [5.74, 6) is -0.396. The molecule has 1 fully saturated rings. The molecule has 2 aromatic rings. The first-order valence-corrected chi connectivity index (χ1v) is 9.77. The van der Waals surface area contributed by atoms with E-state index in [9.17, 15) is 14.4 Å². The molecule has 0 saturated carbocycles. The smallest absolute Gasteiger partial charge is 0.338 e. The summed E-state index contributed by atoms with van der Waals surface area (Å²) in [6.45, 7) is 2.86. The molecule has 1 saturated heterocycles. The summed E-state index contributed by atoms with van der Waals surface area (Å²) >= 11 is 0. The van der Waals surface area contributed by atoms with E-state index in [1.807, 2.05) is 37.3 Å². The third-order valence-electron chi connectivity index (χ3n) is 4.64. The Kier molecular flexibility index (Phi) is 6.84. The van der Waals surface area contributed by atoms with Gasteiger partial charge in [0.2, 0.25) is 5.91 Å². The fraction of sp³-hybridized carbons (Fsp3) is 0.318. The second-order valence-electron chi connectivity index (χ2n) is 6.91. The molecule has 152 valence electrons. The third-order valence-corrected chi connectivity index (χ3v) is 4.64. The highest BCUT2D eigenvalue weighted by atomic mass is 16.5. The van der Waals surface area contributed by atoms with Crippen LogP contribution in [0.5, 0.6) is 0 Å². The molecule has 1 atom stereocenters. The van der Waals surface area contributed by atoms with Crippen molar-refractivity contribution in [1.82, 2.24) is 5.32 Å². The van der Waals surface area contributed by atoms with Gasteiger partial charge in [0, 0.05) is 24.3 Å². The van der Waals surface area contributed by atoms with E-state index in [0.29, 0.717) is 24.4 Å². The Morgan fingerprint density at radius 2 is 1.83 bits per heavy atom. The lowest BCUT2D eigenvalue weighted by atomic mass is 10.2. The fourth-order valence-corrected chi connectivity index (χ4v) is 3.10. The number of urea groups is 1. The molecule has 0 radical (unpaired) electrons. The van der Waals surface area contributed by atoms with Gasteiger partial charge in [0.1, 0.15) is 0 Å². The van der Waals surface area contributed by atoms with Crippen LogP contribution in [0, 0.1) is 0 Å². The predicted molar refractivity (Wildman–Crippen MR) is 111 cm³/mol. The SMILES string of the molecule is CCCCOC(=O)c1ccc(NC(=O)NC2CC(=O)N(c3ccccc3)C2)cc1. The lowest BCUT2D eigenvalue weighted by molar-refractivity contribution is -0.117. The highest BCUT2D eigenvalue weighted by molar-refractivity contribution is 5.97. The number of esters is 1. The maximum absolute atomic E-state index is 12.3. The average molecular weight is 395 g/mol. The van der Waals surface area contributed by atoms with Gasteiger partial charge in [-0.2, -0.15) is 0 Å². The van der Waals surface area contributed by atoms with Gasteiger partial charge < -0.3 is 20.3 Å². The van der Waals surface area contributed by atoms with E-state index in [-0.39, 0.29) is 24.3 Å².